The van der Waals surface area contributed by atoms with Gasteiger partial charge in [-0.05, 0) is 38.1 Å². The molecule has 0 aliphatic carbocycles. The minimum absolute atomic E-state index is 0.00354. The van der Waals surface area contributed by atoms with E-state index in [1.165, 1.54) is 0 Å². The minimum atomic E-state index is -0.320. The van der Waals surface area contributed by atoms with Crippen molar-refractivity contribution in [1.82, 2.24) is 5.32 Å². The molecule has 3 N–H and O–H groups in total. The molecule has 4 heteroatoms. The van der Waals surface area contributed by atoms with Gasteiger partial charge in [0.2, 0.25) is 0 Å². The van der Waals surface area contributed by atoms with Crippen LogP contribution in [0.2, 0.25) is 0 Å². The van der Waals surface area contributed by atoms with E-state index in [0.717, 1.165) is 24.3 Å². The molecule has 1 aromatic carbocycles. The minimum Gasteiger partial charge on any atom is -0.491 e. The molecule has 0 aromatic heterocycles. The number of aliphatic hydroxyl groups is 2. The summed E-state index contributed by atoms with van der Waals surface area (Å²) in [5.41, 5.74) is 0.548. The summed E-state index contributed by atoms with van der Waals surface area (Å²) in [6.07, 6.45) is 0.718. The first-order valence-electron chi connectivity index (χ1n) is 6.75. The van der Waals surface area contributed by atoms with Crippen LogP contribution >= 0.6 is 0 Å². The molecule has 0 bridgehead atoms. The van der Waals surface area contributed by atoms with Crippen LogP contribution in [0.15, 0.2) is 24.3 Å². The Labute approximate surface area is 115 Å². The van der Waals surface area contributed by atoms with E-state index in [1.807, 2.05) is 45.0 Å². The molecule has 0 spiro atoms. The molecule has 0 saturated carbocycles. The number of nitrogens with one attached hydrogen (secondary N) is 1. The van der Waals surface area contributed by atoms with Gasteiger partial charge in [0, 0.05) is 12.0 Å². The van der Waals surface area contributed by atoms with Crippen molar-refractivity contribution in [2.24, 2.45) is 0 Å². The van der Waals surface area contributed by atoms with Gasteiger partial charge in [0.15, 0.2) is 0 Å². The SMILES string of the molecule is CCNC(C)(CO)CC(C)Oc1ccc(CO)cc1. The van der Waals surface area contributed by atoms with Crippen molar-refractivity contribution in [2.75, 3.05) is 13.2 Å². The summed E-state index contributed by atoms with van der Waals surface area (Å²) in [6.45, 7) is 6.94. The second-order valence-corrected chi connectivity index (χ2v) is 5.18. The third-order valence-electron chi connectivity index (χ3n) is 3.13. The van der Waals surface area contributed by atoms with Gasteiger partial charge in [-0.25, -0.2) is 0 Å². The molecule has 4 nitrogen and oxygen atoms in total. The zero-order chi connectivity index (χ0) is 14.3. The Balaban J connectivity index is 2.55. The predicted octanol–water partition coefficient (Wildman–Crippen LogP) is 1.70. The van der Waals surface area contributed by atoms with E-state index in [1.54, 1.807) is 0 Å². The van der Waals surface area contributed by atoms with Crippen LogP contribution in [0, 0.1) is 0 Å². The van der Waals surface area contributed by atoms with Crippen molar-refractivity contribution in [3.05, 3.63) is 29.8 Å². The molecule has 2 unspecified atom stereocenters. The van der Waals surface area contributed by atoms with Gasteiger partial charge in [-0.2, -0.15) is 0 Å². The van der Waals surface area contributed by atoms with Gasteiger partial charge in [0.25, 0.3) is 0 Å². The van der Waals surface area contributed by atoms with Gasteiger partial charge in [0.05, 0.1) is 19.3 Å². The highest BCUT2D eigenvalue weighted by Gasteiger charge is 2.25. The maximum atomic E-state index is 9.45. The van der Waals surface area contributed by atoms with E-state index < -0.39 is 0 Å². The number of aliphatic hydroxyl groups excluding tert-OH is 2. The molecular formula is C15H25NO3. The topological polar surface area (TPSA) is 61.7 Å². The second kappa shape index (κ2) is 7.48. The van der Waals surface area contributed by atoms with Crippen molar-refractivity contribution < 1.29 is 14.9 Å². The van der Waals surface area contributed by atoms with Crippen molar-refractivity contribution in [3.63, 3.8) is 0 Å². The molecule has 1 aromatic rings. The highest BCUT2D eigenvalue weighted by molar-refractivity contribution is 5.27. The van der Waals surface area contributed by atoms with Gasteiger partial charge >= 0.3 is 0 Å². The monoisotopic (exact) mass is 267 g/mol. The number of rotatable bonds is 8. The normalized spacial score (nSPS) is 15.8. The summed E-state index contributed by atoms with van der Waals surface area (Å²) < 4.78 is 5.82. The van der Waals surface area contributed by atoms with Crippen LogP contribution in [-0.4, -0.2) is 35.0 Å². The molecular weight excluding hydrogens is 242 g/mol. The number of hydrogen-bond donors (Lipinski definition) is 3. The molecule has 0 saturated heterocycles. The zero-order valence-corrected chi connectivity index (χ0v) is 12.0. The van der Waals surface area contributed by atoms with Crippen LogP contribution in [0.1, 0.15) is 32.8 Å². The Hall–Kier alpha value is -1.10. The van der Waals surface area contributed by atoms with Gasteiger partial charge in [-0.3, -0.25) is 0 Å². The molecule has 108 valence electrons. The lowest BCUT2D eigenvalue weighted by molar-refractivity contribution is 0.111. The first-order valence-corrected chi connectivity index (χ1v) is 6.75. The van der Waals surface area contributed by atoms with E-state index in [0.29, 0.717) is 0 Å². The Kier molecular flexibility index (Phi) is 6.28. The van der Waals surface area contributed by atoms with E-state index in [9.17, 15) is 5.11 Å². The van der Waals surface area contributed by atoms with Crippen LogP contribution in [0.5, 0.6) is 5.75 Å². The first kappa shape index (κ1) is 16.0. The number of benzene rings is 1. The second-order valence-electron chi connectivity index (χ2n) is 5.18. The van der Waals surface area contributed by atoms with Crippen LogP contribution in [0.3, 0.4) is 0 Å². The maximum absolute atomic E-state index is 9.45. The summed E-state index contributed by atoms with van der Waals surface area (Å²) in [7, 11) is 0. The smallest absolute Gasteiger partial charge is 0.119 e. The highest BCUT2D eigenvalue weighted by atomic mass is 16.5. The van der Waals surface area contributed by atoms with E-state index in [4.69, 9.17) is 9.84 Å². The van der Waals surface area contributed by atoms with Crippen LogP contribution in [-0.2, 0) is 6.61 Å². The van der Waals surface area contributed by atoms with Crippen molar-refractivity contribution in [3.8, 4) is 5.75 Å². The van der Waals surface area contributed by atoms with E-state index >= 15 is 0 Å². The molecule has 0 aliphatic heterocycles. The molecule has 0 aliphatic rings. The van der Waals surface area contributed by atoms with Crippen LogP contribution in [0.4, 0.5) is 0 Å². The molecule has 0 amide bonds. The number of likely N-dealkylation sites (N-methyl/N-ethyl adjacent to an activating group) is 1. The van der Waals surface area contributed by atoms with Crippen molar-refractivity contribution in [1.29, 1.82) is 0 Å². The summed E-state index contributed by atoms with van der Waals surface area (Å²) in [6, 6.07) is 7.40. The third kappa shape index (κ3) is 5.19. The average molecular weight is 267 g/mol. The summed E-state index contributed by atoms with van der Waals surface area (Å²) in [4.78, 5) is 0. The quantitative estimate of drug-likeness (QED) is 0.671. The average Bonchev–Trinajstić information content (AvgIpc) is 2.39. The fraction of sp³-hybridized carbons (Fsp3) is 0.600. The maximum Gasteiger partial charge on any atom is 0.119 e. The van der Waals surface area contributed by atoms with Gasteiger partial charge in [-0.1, -0.05) is 19.1 Å². The fourth-order valence-electron chi connectivity index (χ4n) is 2.20. The Morgan fingerprint density at radius 2 is 1.89 bits per heavy atom. The van der Waals surface area contributed by atoms with Crippen LogP contribution < -0.4 is 10.1 Å². The lowest BCUT2D eigenvalue weighted by Crippen LogP contribution is -2.48. The molecule has 1 rings (SSSR count). The fourth-order valence-corrected chi connectivity index (χ4v) is 2.20. The standard InChI is InChI=1S/C15H25NO3/c1-4-16-15(3,11-18)9-12(2)19-14-7-5-13(10-17)6-8-14/h5-8,12,16-18H,4,9-11H2,1-3H3. The van der Waals surface area contributed by atoms with Crippen molar-refractivity contribution >= 4 is 0 Å². The third-order valence-corrected chi connectivity index (χ3v) is 3.13. The van der Waals surface area contributed by atoms with Gasteiger partial charge in [0.1, 0.15) is 5.75 Å². The summed E-state index contributed by atoms with van der Waals surface area (Å²) in [5.74, 6) is 0.779. The summed E-state index contributed by atoms with van der Waals surface area (Å²) >= 11 is 0. The number of ether oxygens (including phenoxy) is 1. The molecule has 19 heavy (non-hydrogen) atoms. The Morgan fingerprint density at radius 3 is 2.37 bits per heavy atom. The molecule has 0 fully saturated rings. The number of hydrogen-bond acceptors (Lipinski definition) is 4. The summed E-state index contributed by atoms with van der Waals surface area (Å²) in [5, 5.41) is 21.7. The highest BCUT2D eigenvalue weighted by Crippen LogP contribution is 2.19. The first-order chi connectivity index (χ1) is 9.03. The molecule has 2 atom stereocenters. The Morgan fingerprint density at radius 1 is 1.26 bits per heavy atom. The molecule has 0 radical (unpaired) electrons. The van der Waals surface area contributed by atoms with Crippen LogP contribution in [0.25, 0.3) is 0 Å². The molecule has 0 heterocycles. The Bertz CT molecular complexity index is 366. The lowest BCUT2D eigenvalue weighted by Gasteiger charge is -2.31. The lowest BCUT2D eigenvalue weighted by atomic mass is 9.95. The van der Waals surface area contributed by atoms with Gasteiger partial charge in [-0.15, -0.1) is 0 Å². The van der Waals surface area contributed by atoms with Crippen molar-refractivity contribution in [2.45, 2.75) is 45.4 Å². The van der Waals surface area contributed by atoms with E-state index in [2.05, 4.69) is 5.32 Å². The van der Waals surface area contributed by atoms with Gasteiger partial charge < -0.3 is 20.3 Å². The van der Waals surface area contributed by atoms with E-state index in [-0.39, 0.29) is 24.9 Å². The largest absolute Gasteiger partial charge is 0.491 e. The predicted molar refractivity (Wildman–Crippen MR) is 76.2 cm³/mol. The zero-order valence-electron chi connectivity index (χ0n) is 12.0.